The lowest BCUT2D eigenvalue weighted by atomic mass is 10.0. The molecule has 0 aliphatic rings. The van der Waals surface area contributed by atoms with E-state index in [0.717, 1.165) is 38.3 Å². The van der Waals surface area contributed by atoms with Crippen LogP contribution in [-0.4, -0.2) is 23.2 Å². The summed E-state index contributed by atoms with van der Waals surface area (Å²) in [4.78, 5) is 17.5. The molecule has 0 unspecified atom stereocenters. The molecule has 3 nitrogen and oxygen atoms in total. The van der Waals surface area contributed by atoms with Crippen LogP contribution in [0.3, 0.4) is 0 Å². The number of aromatic amines is 1. The van der Waals surface area contributed by atoms with E-state index in [1.165, 1.54) is 10.3 Å². The molecule has 0 radical (unpaired) electrons. The Hall–Kier alpha value is -3.21. The molecule has 5 rings (SSSR count). The van der Waals surface area contributed by atoms with Crippen LogP contribution < -0.4 is 5.32 Å². The van der Waals surface area contributed by atoms with E-state index in [1.54, 1.807) is 11.8 Å². The number of thioether (sulfide) groups is 1. The standard InChI is InChI=1S/C27H21ClN2OS/c28-20-14-12-19(13-15-20)25-26(23-9-3-4-11-24(23)30-25)32-17-16-29-27(31)22-10-5-7-18-6-1-2-8-21(18)22/h1-15,30H,16-17H2,(H,29,31). The lowest BCUT2D eigenvalue weighted by Crippen LogP contribution is -2.25. The molecule has 2 N–H and O–H groups in total. The average Bonchev–Trinajstić information content (AvgIpc) is 3.20. The predicted molar refractivity (Wildman–Crippen MR) is 136 cm³/mol. The Morgan fingerprint density at radius 1 is 0.844 bits per heavy atom. The number of carbonyl (C=O) groups excluding carboxylic acids is 1. The number of amides is 1. The van der Waals surface area contributed by atoms with E-state index in [9.17, 15) is 4.79 Å². The van der Waals surface area contributed by atoms with Crippen LogP contribution in [0.5, 0.6) is 0 Å². The van der Waals surface area contributed by atoms with Crippen molar-refractivity contribution >= 4 is 50.9 Å². The summed E-state index contributed by atoms with van der Waals surface area (Å²) in [6.07, 6.45) is 0. The van der Waals surface area contributed by atoms with E-state index in [1.807, 2.05) is 78.9 Å². The molecule has 4 aromatic carbocycles. The highest BCUT2D eigenvalue weighted by Crippen LogP contribution is 2.37. The lowest BCUT2D eigenvalue weighted by molar-refractivity contribution is 0.0958. The minimum absolute atomic E-state index is 0.0424. The monoisotopic (exact) mass is 456 g/mol. The minimum atomic E-state index is -0.0424. The molecular weight excluding hydrogens is 436 g/mol. The highest BCUT2D eigenvalue weighted by Gasteiger charge is 2.14. The fourth-order valence-corrected chi connectivity index (χ4v) is 5.10. The van der Waals surface area contributed by atoms with Gasteiger partial charge in [-0.15, -0.1) is 11.8 Å². The largest absolute Gasteiger partial charge is 0.354 e. The third-order valence-corrected chi connectivity index (χ3v) is 6.83. The van der Waals surface area contributed by atoms with Crippen LogP contribution in [0.15, 0.2) is 95.9 Å². The number of para-hydroxylation sites is 1. The Morgan fingerprint density at radius 3 is 2.41 bits per heavy atom. The van der Waals surface area contributed by atoms with Crippen molar-refractivity contribution in [2.24, 2.45) is 0 Å². The van der Waals surface area contributed by atoms with Crippen LogP contribution in [-0.2, 0) is 0 Å². The van der Waals surface area contributed by atoms with Gasteiger partial charge in [-0.1, -0.05) is 78.3 Å². The maximum Gasteiger partial charge on any atom is 0.251 e. The number of H-pyrrole nitrogens is 1. The summed E-state index contributed by atoms with van der Waals surface area (Å²) < 4.78 is 0. The Bertz CT molecular complexity index is 1400. The molecule has 0 aliphatic carbocycles. The van der Waals surface area contributed by atoms with Crippen LogP contribution >= 0.6 is 23.4 Å². The molecule has 5 aromatic rings. The number of aromatic nitrogens is 1. The molecule has 0 atom stereocenters. The van der Waals surface area contributed by atoms with Crippen molar-refractivity contribution in [2.45, 2.75) is 4.90 Å². The fraction of sp³-hybridized carbons (Fsp3) is 0.0741. The molecule has 0 bridgehead atoms. The van der Waals surface area contributed by atoms with Gasteiger partial charge in [-0.05, 0) is 40.6 Å². The van der Waals surface area contributed by atoms with Gasteiger partial charge in [0, 0.05) is 38.7 Å². The number of benzene rings is 4. The van der Waals surface area contributed by atoms with Gasteiger partial charge in [0.15, 0.2) is 0 Å². The van der Waals surface area contributed by atoms with Gasteiger partial charge in [0.25, 0.3) is 5.91 Å². The quantitative estimate of drug-likeness (QED) is 0.210. The minimum Gasteiger partial charge on any atom is -0.354 e. The first-order valence-electron chi connectivity index (χ1n) is 10.5. The normalized spacial score (nSPS) is 11.2. The molecule has 0 saturated heterocycles. The number of hydrogen-bond acceptors (Lipinski definition) is 2. The van der Waals surface area contributed by atoms with Gasteiger partial charge < -0.3 is 10.3 Å². The van der Waals surface area contributed by atoms with Crippen molar-refractivity contribution in [3.63, 3.8) is 0 Å². The molecule has 1 aromatic heterocycles. The molecule has 158 valence electrons. The summed E-state index contributed by atoms with van der Waals surface area (Å²) >= 11 is 7.83. The molecule has 1 amide bonds. The number of halogens is 1. The van der Waals surface area contributed by atoms with Gasteiger partial charge >= 0.3 is 0 Å². The zero-order valence-corrected chi connectivity index (χ0v) is 18.8. The molecule has 0 saturated carbocycles. The summed E-state index contributed by atoms with van der Waals surface area (Å²) in [7, 11) is 0. The Morgan fingerprint density at radius 2 is 1.56 bits per heavy atom. The van der Waals surface area contributed by atoms with Crippen LogP contribution in [0.2, 0.25) is 5.02 Å². The topological polar surface area (TPSA) is 44.9 Å². The first kappa shape index (κ1) is 20.7. The van der Waals surface area contributed by atoms with E-state index in [4.69, 9.17) is 11.6 Å². The van der Waals surface area contributed by atoms with Gasteiger partial charge in [-0.3, -0.25) is 4.79 Å². The smallest absolute Gasteiger partial charge is 0.251 e. The molecular formula is C27H21ClN2OS. The van der Waals surface area contributed by atoms with Crippen molar-refractivity contribution in [2.75, 3.05) is 12.3 Å². The van der Waals surface area contributed by atoms with E-state index >= 15 is 0 Å². The Kier molecular flexibility index (Phi) is 5.89. The summed E-state index contributed by atoms with van der Waals surface area (Å²) in [5.41, 5.74) is 3.97. The van der Waals surface area contributed by atoms with Crippen molar-refractivity contribution in [3.8, 4) is 11.3 Å². The third-order valence-electron chi connectivity index (χ3n) is 5.46. The number of carbonyl (C=O) groups is 1. The second kappa shape index (κ2) is 9.11. The summed E-state index contributed by atoms with van der Waals surface area (Å²) in [5, 5.41) is 7.03. The van der Waals surface area contributed by atoms with E-state index < -0.39 is 0 Å². The van der Waals surface area contributed by atoms with Crippen LogP contribution in [0.4, 0.5) is 0 Å². The second-order valence-electron chi connectivity index (χ2n) is 7.51. The Labute approximate surface area is 195 Å². The van der Waals surface area contributed by atoms with Crippen molar-refractivity contribution in [3.05, 3.63) is 102 Å². The summed E-state index contributed by atoms with van der Waals surface area (Å²) in [6, 6.07) is 29.9. The van der Waals surface area contributed by atoms with Crippen LogP contribution in [0, 0.1) is 0 Å². The highest BCUT2D eigenvalue weighted by molar-refractivity contribution is 7.99. The first-order valence-corrected chi connectivity index (χ1v) is 11.8. The first-order chi connectivity index (χ1) is 15.7. The summed E-state index contributed by atoms with van der Waals surface area (Å²) in [5.74, 6) is 0.720. The molecule has 32 heavy (non-hydrogen) atoms. The maximum atomic E-state index is 12.8. The molecule has 0 fully saturated rings. The van der Waals surface area contributed by atoms with E-state index in [2.05, 4.69) is 22.4 Å². The van der Waals surface area contributed by atoms with Gasteiger partial charge in [0.1, 0.15) is 0 Å². The molecule has 0 aliphatic heterocycles. The zero-order chi connectivity index (χ0) is 21.9. The molecule has 1 heterocycles. The van der Waals surface area contributed by atoms with Crippen LogP contribution in [0.25, 0.3) is 32.9 Å². The number of fused-ring (bicyclic) bond motifs is 2. The number of hydrogen-bond donors (Lipinski definition) is 2. The maximum absolute atomic E-state index is 12.8. The van der Waals surface area contributed by atoms with Gasteiger partial charge in [0.2, 0.25) is 0 Å². The second-order valence-corrected chi connectivity index (χ2v) is 9.05. The predicted octanol–water partition coefficient (Wildman–Crippen LogP) is 7.16. The SMILES string of the molecule is O=C(NCCSc1c(-c2ccc(Cl)cc2)[nH]c2ccccc12)c1cccc2ccccc12. The Balaban J connectivity index is 1.33. The molecule has 0 spiro atoms. The van der Waals surface area contributed by atoms with Crippen molar-refractivity contribution in [1.82, 2.24) is 10.3 Å². The van der Waals surface area contributed by atoms with Gasteiger partial charge in [-0.25, -0.2) is 0 Å². The fourth-order valence-electron chi connectivity index (χ4n) is 3.92. The lowest BCUT2D eigenvalue weighted by Gasteiger charge is -2.09. The van der Waals surface area contributed by atoms with E-state index in [-0.39, 0.29) is 5.91 Å². The van der Waals surface area contributed by atoms with Crippen molar-refractivity contribution < 1.29 is 4.79 Å². The third kappa shape index (κ3) is 4.12. The highest BCUT2D eigenvalue weighted by atomic mass is 35.5. The van der Waals surface area contributed by atoms with Crippen molar-refractivity contribution in [1.29, 1.82) is 0 Å². The van der Waals surface area contributed by atoms with Gasteiger partial charge in [-0.2, -0.15) is 0 Å². The van der Waals surface area contributed by atoms with Gasteiger partial charge in [0.05, 0.1) is 5.69 Å². The number of rotatable bonds is 6. The average molecular weight is 457 g/mol. The zero-order valence-electron chi connectivity index (χ0n) is 17.3. The number of nitrogens with one attached hydrogen (secondary N) is 2. The summed E-state index contributed by atoms with van der Waals surface area (Å²) in [6.45, 7) is 0.576. The molecule has 5 heteroatoms. The van der Waals surface area contributed by atoms with E-state index in [0.29, 0.717) is 12.1 Å². The van der Waals surface area contributed by atoms with Crippen LogP contribution in [0.1, 0.15) is 10.4 Å².